The third kappa shape index (κ3) is 5.95. The summed E-state index contributed by atoms with van der Waals surface area (Å²) < 4.78 is 1.91. The topological polar surface area (TPSA) is 77.8 Å². The van der Waals surface area contributed by atoms with Gasteiger partial charge < -0.3 is 15.5 Å². The van der Waals surface area contributed by atoms with E-state index in [2.05, 4.69) is 34.5 Å². The van der Waals surface area contributed by atoms with Gasteiger partial charge in [-0.25, -0.2) is 4.99 Å². The highest BCUT2D eigenvalue weighted by molar-refractivity contribution is 5.80. The van der Waals surface area contributed by atoms with Gasteiger partial charge in [0, 0.05) is 58.1 Å². The largest absolute Gasteiger partial charge is 0.357 e. The number of rotatable bonds is 6. The van der Waals surface area contributed by atoms with Gasteiger partial charge in [0.05, 0.1) is 18.8 Å². The zero-order chi connectivity index (χ0) is 20.0. The lowest BCUT2D eigenvalue weighted by molar-refractivity contribution is -0.130. The van der Waals surface area contributed by atoms with Crippen molar-refractivity contribution in [1.82, 2.24) is 30.2 Å². The molecule has 152 valence electrons. The van der Waals surface area contributed by atoms with Gasteiger partial charge in [-0.05, 0) is 33.6 Å². The van der Waals surface area contributed by atoms with Gasteiger partial charge in [-0.2, -0.15) is 5.10 Å². The molecule has 0 spiro atoms. The molecule has 1 aliphatic heterocycles. The normalized spacial score (nSPS) is 16.4. The first-order valence-corrected chi connectivity index (χ1v) is 9.78. The number of nitrogens with zero attached hydrogens (tertiary/aromatic N) is 5. The first kappa shape index (κ1) is 21.2. The number of hydrogen-bond donors (Lipinski definition) is 2. The predicted octanol–water partition coefficient (Wildman–Crippen LogP) is 0.645. The Morgan fingerprint density at radius 2 is 1.96 bits per heavy atom. The molecule has 27 heavy (non-hydrogen) atoms. The zero-order valence-electron chi connectivity index (χ0n) is 17.7. The molecule has 1 fully saturated rings. The average Bonchev–Trinajstić information content (AvgIpc) is 2.86. The fourth-order valence-electron chi connectivity index (χ4n) is 3.29. The Bertz CT molecular complexity index is 657. The molecule has 2 N–H and O–H groups in total. The Balaban J connectivity index is 1.90. The molecule has 0 aromatic carbocycles. The maximum absolute atomic E-state index is 11.9. The van der Waals surface area contributed by atoms with E-state index in [-0.39, 0.29) is 5.91 Å². The number of nitrogens with one attached hydrogen (secondary N) is 2. The monoisotopic (exact) mass is 377 g/mol. The fraction of sp³-hybridized carbons (Fsp3) is 0.737. The summed E-state index contributed by atoms with van der Waals surface area (Å²) >= 11 is 0. The lowest BCUT2D eigenvalue weighted by atomic mass is 10.1. The number of carbonyl (C=O) groups is 1. The molecule has 0 bridgehead atoms. The summed E-state index contributed by atoms with van der Waals surface area (Å²) in [5.41, 5.74) is 3.38. The van der Waals surface area contributed by atoms with E-state index in [9.17, 15) is 4.79 Å². The van der Waals surface area contributed by atoms with Crippen molar-refractivity contribution in [3.05, 3.63) is 17.0 Å². The Labute approximate surface area is 163 Å². The van der Waals surface area contributed by atoms with Crippen LogP contribution in [-0.4, -0.2) is 77.8 Å². The van der Waals surface area contributed by atoms with Crippen molar-refractivity contribution in [2.24, 2.45) is 12.0 Å². The van der Waals surface area contributed by atoms with Gasteiger partial charge in [0.1, 0.15) is 0 Å². The van der Waals surface area contributed by atoms with E-state index in [1.165, 1.54) is 5.56 Å². The third-order valence-corrected chi connectivity index (χ3v) is 5.18. The van der Waals surface area contributed by atoms with Crippen molar-refractivity contribution in [3.63, 3.8) is 0 Å². The van der Waals surface area contributed by atoms with Crippen LogP contribution in [0.5, 0.6) is 0 Å². The number of likely N-dealkylation sites (tertiary alicyclic amines) is 1. The van der Waals surface area contributed by atoms with Gasteiger partial charge in [0.25, 0.3) is 0 Å². The minimum atomic E-state index is 0.165. The Hall–Kier alpha value is -2.09. The maximum atomic E-state index is 11.9. The second-order valence-corrected chi connectivity index (χ2v) is 7.45. The fourth-order valence-corrected chi connectivity index (χ4v) is 3.29. The van der Waals surface area contributed by atoms with Crippen LogP contribution in [0.3, 0.4) is 0 Å². The molecule has 0 radical (unpaired) electrons. The van der Waals surface area contributed by atoms with E-state index in [4.69, 9.17) is 4.99 Å². The summed E-state index contributed by atoms with van der Waals surface area (Å²) in [5, 5.41) is 11.4. The maximum Gasteiger partial charge on any atom is 0.236 e. The molecule has 2 heterocycles. The van der Waals surface area contributed by atoms with Crippen molar-refractivity contribution < 1.29 is 4.79 Å². The van der Waals surface area contributed by atoms with E-state index in [0.29, 0.717) is 19.1 Å². The van der Waals surface area contributed by atoms with Crippen molar-refractivity contribution in [3.8, 4) is 0 Å². The van der Waals surface area contributed by atoms with E-state index in [0.717, 1.165) is 49.8 Å². The van der Waals surface area contributed by atoms with Crippen molar-refractivity contribution >= 4 is 11.9 Å². The summed E-state index contributed by atoms with van der Waals surface area (Å²) in [7, 11) is 5.58. The van der Waals surface area contributed by atoms with Crippen LogP contribution in [0.4, 0.5) is 0 Å². The van der Waals surface area contributed by atoms with Crippen LogP contribution in [0.1, 0.15) is 36.7 Å². The predicted molar refractivity (Wildman–Crippen MR) is 109 cm³/mol. The molecule has 2 rings (SSSR count). The van der Waals surface area contributed by atoms with Crippen LogP contribution >= 0.6 is 0 Å². The summed E-state index contributed by atoms with van der Waals surface area (Å²) in [5.74, 6) is 1.02. The van der Waals surface area contributed by atoms with Crippen molar-refractivity contribution in [1.29, 1.82) is 0 Å². The van der Waals surface area contributed by atoms with Crippen LogP contribution in [0, 0.1) is 13.8 Å². The highest BCUT2D eigenvalue weighted by Gasteiger charge is 2.22. The van der Waals surface area contributed by atoms with Gasteiger partial charge in [-0.1, -0.05) is 0 Å². The van der Waals surface area contributed by atoms with Crippen LogP contribution in [0.25, 0.3) is 0 Å². The lowest BCUT2D eigenvalue weighted by Gasteiger charge is -2.33. The summed E-state index contributed by atoms with van der Waals surface area (Å²) in [4.78, 5) is 20.5. The third-order valence-electron chi connectivity index (χ3n) is 5.18. The molecule has 0 unspecified atom stereocenters. The van der Waals surface area contributed by atoms with Gasteiger partial charge in [0.15, 0.2) is 5.96 Å². The number of piperidine rings is 1. The first-order valence-electron chi connectivity index (χ1n) is 9.78. The quantitative estimate of drug-likeness (QED) is 0.562. The van der Waals surface area contributed by atoms with E-state index in [1.807, 2.05) is 32.7 Å². The summed E-state index contributed by atoms with van der Waals surface area (Å²) in [6.07, 6.45) is 2.02. The molecule has 0 saturated carbocycles. The van der Waals surface area contributed by atoms with Gasteiger partial charge in [-0.15, -0.1) is 0 Å². The number of guanidine groups is 1. The smallest absolute Gasteiger partial charge is 0.236 e. The molecule has 8 heteroatoms. The van der Waals surface area contributed by atoms with Crippen LogP contribution < -0.4 is 10.6 Å². The number of aliphatic imine (C=N–C) groups is 1. The molecular weight excluding hydrogens is 342 g/mol. The minimum Gasteiger partial charge on any atom is -0.357 e. The lowest BCUT2D eigenvalue weighted by Crippen LogP contribution is -2.50. The average molecular weight is 378 g/mol. The highest BCUT2D eigenvalue weighted by Crippen LogP contribution is 2.13. The number of aryl methyl sites for hydroxylation is 2. The molecule has 1 aromatic rings. The van der Waals surface area contributed by atoms with E-state index < -0.39 is 0 Å². The molecule has 1 amide bonds. The van der Waals surface area contributed by atoms with E-state index >= 15 is 0 Å². The number of amides is 1. The summed E-state index contributed by atoms with van der Waals surface area (Å²) in [6, 6.07) is 0.379. The van der Waals surface area contributed by atoms with Crippen LogP contribution in [0.15, 0.2) is 4.99 Å². The van der Waals surface area contributed by atoms with Crippen LogP contribution in [-0.2, 0) is 18.4 Å². The molecule has 1 aliphatic rings. The van der Waals surface area contributed by atoms with Crippen LogP contribution in [0.2, 0.25) is 0 Å². The number of aromatic nitrogens is 2. The number of carbonyl (C=O) groups excluding carboxylic acids is 1. The van der Waals surface area contributed by atoms with Gasteiger partial charge >= 0.3 is 0 Å². The Morgan fingerprint density at radius 1 is 1.30 bits per heavy atom. The van der Waals surface area contributed by atoms with Crippen molar-refractivity contribution in [2.45, 2.75) is 46.2 Å². The van der Waals surface area contributed by atoms with Gasteiger partial charge in [-0.3, -0.25) is 14.4 Å². The Morgan fingerprint density at radius 3 is 2.48 bits per heavy atom. The molecule has 0 atom stereocenters. The second kappa shape index (κ2) is 9.73. The molecule has 0 aliphatic carbocycles. The highest BCUT2D eigenvalue weighted by atomic mass is 16.2. The molecule has 1 saturated heterocycles. The SMILES string of the molecule is CCNC(=NCc1c(C)nn(C)c1C)NC1CCN(CC(=O)N(C)C)CC1. The standard InChI is InChI=1S/C19H35N7O/c1-7-20-19(21-12-17-14(2)23-25(6)15(17)3)22-16-8-10-26(11-9-16)13-18(27)24(4)5/h16H,7-13H2,1-6H3,(H2,20,21,22). The number of hydrogen-bond acceptors (Lipinski definition) is 4. The molecule has 1 aromatic heterocycles. The van der Waals surface area contributed by atoms with E-state index in [1.54, 1.807) is 4.90 Å². The zero-order valence-corrected chi connectivity index (χ0v) is 17.7. The van der Waals surface area contributed by atoms with Gasteiger partial charge in [0.2, 0.25) is 5.91 Å². The minimum absolute atomic E-state index is 0.165. The van der Waals surface area contributed by atoms with Crippen molar-refractivity contribution in [2.75, 3.05) is 40.3 Å². The molecular formula is C19H35N7O. The first-order chi connectivity index (χ1) is 12.8. The number of likely N-dealkylation sites (N-methyl/N-ethyl adjacent to an activating group) is 1. The summed E-state index contributed by atoms with van der Waals surface area (Å²) in [6.45, 7) is 10.00. The second-order valence-electron chi connectivity index (χ2n) is 7.45. The molecule has 8 nitrogen and oxygen atoms in total. The Kier molecular flexibility index (Phi) is 7.65.